The van der Waals surface area contributed by atoms with Crippen LogP contribution in [0.15, 0.2) is 18.2 Å². The lowest BCUT2D eigenvalue weighted by Crippen LogP contribution is -2.21. The third kappa shape index (κ3) is 1.97. The molecule has 66 valence electrons. The maximum atomic E-state index is 5.84. The van der Waals surface area contributed by atoms with Crippen LogP contribution in [0, 0.1) is 10.5 Å². The van der Waals surface area contributed by atoms with Crippen LogP contribution in [-0.2, 0) is 0 Å². The van der Waals surface area contributed by atoms with Gasteiger partial charge < -0.3 is 11.5 Å². The van der Waals surface area contributed by atoms with Crippen molar-refractivity contribution in [3.63, 3.8) is 0 Å². The van der Waals surface area contributed by atoms with E-state index in [0.717, 1.165) is 5.56 Å². The Morgan fingerprint density at radius 2 is 2.17 bits per heavy atom. The van der Waals surface area contributed by atoms with E-state index in [1.165, 1.54) is 9.13 Å². The van der Waals surface area contributed by atoms with E-state index in [1.54, 1.807) is 0 Å². The maximum absolute atomic E-state index is 5.84. The minimum atomic E-state index is -0.0280. The fraction of sp³-hybridized carbons (Fsp3) is 0.333. The van der Waals surface area contributed by atoms with Crippen LogP contribution in [0.1, 0.15) is 17.2 Å². The van der Waals surface area contributed by atoms with Gasteiger partial charge in [0, 0.05) is 16.2 Å². The summed E-state index contributed by atoms with van der Waals surface area (Å²) in [5.74, 6) is 0. The number of benzene rings is 1. The average molecular weight is 276 g/mol. The zero-order valence-electron chi connectivity index (χ0n) is 7.05. The standard InChI is InChI=1S/C9H13IN2/c1-6-7(9(12)5-11)3-2-4-8(6)10/h2-4,9H,5,11-12H2,1H3/t9-/m1/s1. The van der Waals surface area contributed by atoms with Gasteiger partial charge in [-0.3, -0.25) is 0 Å². The van der Waals surface area contributed by atoms with Gasteiger partial charge >= 0.3 is 0 Å². The molecule has 0 fully saturated rings. The molecule has 2 nitrogen and oxygen atoms in total. The van der Waals surface area contributed by atoms with Gasteiger partial charge in [0.05, 0.1) is 0 Å². The van der Waals surface area contributed by atoms with Crippen molar-refractivity contribution < 1.29 is 0 Å². The molecule has 1 aromatic rings. The van der Waals surface area contributed by atoms with Gasteiger partial charge in [-0.15, -0.1) is 0 Å². The highest BCUT2D eigenvalue weighted by Gasteiger charge is 2.07. The van der Waals surface area contributed by atoms with Crippen LogP contribution in [0.2, 0.25) is 0 Å². The average Bonchev–Trinajstić information content (AvgIpc) is 2.08. The molecular weight excluding hydrogens is 263 g/mol. The fourth-order valence-corrected chi connectivity index (χ4v) is 1.67. The van der Waals surface area contributed by atoms with Crippen molar-refractivity contribution in [2.45, 2.75) is 13.0 Å². The van der Waals surface area contributed by atoms with Crippen LogP contribution < -0.4 is 11.5 Å². The van der Waals surface area contributed by atoms with E-state index in [0.29, 0.717) is 6.54 Å². The zero-order chi connectivity index (χ0) is 9.14. The highest BCUT2D eigenvalue weighted by molar-refractivity contribution is 14.1. The van der Waals surface area contributed by atoms with Gasteiger partial charge in [-0.25, -0.2) is 0 Å². The first-order valence-electron chi connectivity index (χ1n) is 3.87. The summed E-state index contributed by atoms with van der Waals surface area (Å²) in [5.41, 5.74) is 13.7. The summed E-state index contributed by atoms with van der Waals surface area (Å²) in [6.07, 6.45) is 0. The molecule has 0 aliphatic rings. The molecule has 3 heteroatoms. The Balaban J connectivity index is 3.07. The molecule has 0 heterocycles. The summed E-state index contributed by atoms with van der Waals surface area (Å²) in [6.45, 7) is 2.58. The van der Waals surface area contributed by atoms with Crippen molar-refractivity contribution in [1.82, 2.24) is 0 Å². The number of hydrogen-bond donors (Lipinski definition) is 2. The first-order chi connectivity index (χ1) is 5.66. The summed E-state index contributed by atoms with van der Waals surface area (Å²) in [4.78, 5) is 0. The van der Waals surface area contributed by atoms with Crippen molar-refractivity contribution in [3.05, 3.63) is 32.9 Å². The van der Waals surface area contributed by atoms with Crippen molar-refractivity contribution in [1.29, 1.82) is 0 Å². The molecular formula is C9H13IN2. The molecule has 1 atom stereocenters. The van der Waals surface area contributed by atoms with E-state index in [9.17, 15) is 0 Å². The van der Waals surface area contributed by atoms with Crippen LogP contribution in [0.3, 0.4) is 0 Å². The van der Waals surface area contributed by atoms with Crippen molar-refractivity contribution >= 4 is 22.6 Å². The summed E-state index contributed by atoms with van der Waals surface area (Å²) in [7, 11) is 0. The molecule has 0 spiro atoms. The molecule has 0 aliphatic carbocycles. The summed E-state index contributed by atoms with van der Waals surface area (Å²) < 4.78 is 1.24. The Bertz CT molecular complexity index is 273. The SMILES string of the molecule is Cc1c(I)cccc1[C@H](N)CN. The van der Waals surface area contributed by atoms with Gasteiger partial charge in [0.2, 0.25) is 0 Å². The summed E-state index contributed by atoms with van der Waals surface area (Å²) in [5, 5.41) is 0. The first kappa shape index (κ1) is 9.95. The lowest BCUT2D eigenvalue weighted by molar-refractivity contribution is 0.731. The molecule has 0 aromatic heterocycles. The molecule has 4 N–H and O–H groups in total. The lowest BCUT2D eigenvalue weighted by Gasteiger charge is -2.13. The van der Waals surface area contributed by atoms with Gasteiger partial charge in [0.25, 0.3) is 0 Å². The smallest absolute Gasteiger partial charge is 0.0422 e. The molecule has 0 amide bonds. The highest BCUT2D eigenvalue weighted by Crippen LogP contribution is 2.19. The minimum absolute atomic E-state index is 0.0280. The van der Waals surface area contributed by atoms with E-state index < -0.39 is 0 Å². The number of nitrogens with two attached hydrogens (primary N) is 2. The van der Waals surface area contributed by atoms with Crippen LogP contribution in [0.25, 0.3) is 0 Å². The Morgan fingerprint density at radius 1 is 1.50 bits per heavy atom. The van der Waals surface area contributed by atoms with Crippen molar-refractivity contribution in [3.8, 4) is 0 Å². The Kier molecular flexibility index (Phi) is 3.49. The first-order valence-corrected chi connectivity index (χ1v) is 4.95. The Hall–Kier alpha value is -0.130. The topological polar surface area (TPSA) is 52.0 Å². The van der Waals surface area contributed by atoms with Crippen LogP contribution >= 0.6 is 22.6 Å². The maximum Gasteiger partial charge on any atom is 0.0422 e. The normalized spacial score (nSPS) is 13.0. The third-order valence-electron chi connectivity index (χ3n) is 1.96. The van der Waals surface area contributed by atoms with Gasteiger partial charge in [-0.2, -0.15) is 0 Å². The Morgan fingerprint density at radius 3 is 2.75 bits per heavy atom. The molecule has 0 unspecified atom stereocenters. The van der Waals surface area contributed by atoms with E-state index in [1.807, 2.05) is 12.1 Å². The summed E-state index contributed by atoms with van der Waals surface area (Å²) in [6, 6.07) is 6.09. The number of hydrogen-bond acceptors (Lipinski definition) is 2. The van der Waals surface area contributed by atoms with Crippen LogP contribution in [-0.4, -0.2) is 6.54 Å². The summed E-state index contributed by atoms with van der Waals surface area (Å²) >= 11 is 2.30. The molecule has 0 aliphatic heterocycles. The minimum Gasteiger partial charge on any atom is -0.329 e. The molecule has 1 rings (SSSR count). The van der Waals surface area contributed by atoms with Gasteiger partial charge in [0.1, 0.15) is 0 Å². The predicted octanol–water partition coefficient (Wildman–Crippen LogP) is 1.56. The van der Waals surface area contributed by atoms with E-state index in [2.05, 4.69) is 35.6 Å². The molecule has 0 saturated heterocycles. The monoisotopic (exact) mass is 276 g/mol. The molecule has 0 radical (unpaired) electrons. The van der Waals surface area contributed by atoms with E-state index >= 15 is 0 Å². The molecule has 0 saturated carbocycles. The van der Waals surface area contributed by atoms with Crippen LogP contribution in [0.4, 0.5) is 0 Å². The van der Waals surface area contributed by atoms with Crippen molar-refractivity contribution in [2.24, 2.45) is 11.5 Å². The second kappa shape index (κ2) is 4.20. The van der Waals surface area contributed by atoms with E-state index in [4.69, 9.17) is 11.5 Å². The third-order valence-corrected chi connectivity index (χ3v) is 3.13. The van der Waals surface area contributed by atoms with Crippen LogP contribution in [0.5, 0.6) is 0 Å². The quantitative estimate of drug-likeness (QED) is 0.805. The molecule has 12 heavy (non-hydrogen) atoms. The highest BCUT2D eigenvalue weighted by atomic mass is 127. The lowest BCUT2D eigenvalue weighted by atomic mass is 10.0. The zero-order valence-corrected chi connectivity index (χ0v) is 9.21. The molecule has 1 aromatic carbocycles. The number of halogens is 1. The second-order valence-electron chi connectivity index (χ2n) is 2.80. The Labute approximate surface area is 86.5 Å². The van der Waals surface area contributed by atoms with Gasteiger partial charge in [-0.05, 0) is 46.7 Å². The van der Waals surface area contributed by atoms with Gasteiger partial charge in [-0.1, -0.05) is 12.1 Å². The van der Waals surface area contributed by atoms with Gasteiger partial charge in [0.15, 0.2) is 0 Å². The second-order valence-corrected chi connectivity index (χ2v) is 3.96. The number of rotatable bonds is 2. The predicted molar refractivity (Wildman–Crippen MR) is 59.9 cm³/mol. The largest absolute Gasteiger partial charge is 0.329 e. The van der Waals surface area contributed by atoms with Crippen molar-refractivity contribution in [2.75, 3.05) is 6.54 Å². The fourth-order valence-electron chi connectivity index (χ4n) is 1.15. The van der Waals surface area contributed by atoms with E-state index in [-0.39, 0.29) is 6.04 Å². The molecule has 0 bridgehead atoms.